The molecular weight excluding hydrogens is 178 g/mol. The van der Waals surface area contributed by atoms with Crippen LogP contribution >= 0.6 is 0 Å². The van der Waals surface area contributed by atoms with Crippen molar-refractivity contribution in [3.63, 3.8) is 0 Å². The van der Waals surface area contributed by atoms with E-state index in [1.165, 1.54) is 0 Å². The molecule has 2 rings (SSSR count). The maximum Gasteiger partial charge on any atom is 0.239 e. The van der Waals surface area contributed by atoms with E-state index in [0.29, 0.717) is 0 Å². The number of rotatable bonds is 1. The third kappa shape index (κ3) is 0.665. The van der Waals surface area contributed by atoms with E-state index < -0.39 is 22.7 Å². The van der Waals surface area contributed by atoms with Crippen LogP contribution in [0.15, 0.2) is 0 Å². The predicted molar refractivity (Wildman–Crippen MR) is 47.2 cm³/mol. The van der Waals surface area contributed by atoms with E-state index in [0.717, 1.165) is 25.7 Å². The Labute approximate surface area is 82.3 Å². The minimum atomic E-state index is -1.18. The van der Waals surface area contributed by atoms with Gasteiger partial charge in [0, 0.05) is 5.41 Å². The van der Waals surface area contributed by atoms with Crippen molar-refractivity contribution in [2.75, 3.05) is 0 Å². The molecule has 1 amide bonds. The van der Waals surface area contributed by atoms with E-state index in [9.17, 15) is 4.79 Å². The highest BCUT2D eigenvalue weighted by atomic mass is 16.1. The van der Waals surface area contributed by atoms with Crippen LogP contribution in [-0.4, -0.2) is 5.91 Å². The summed E-state index contributed by atoms with van der Waals surface area (Å²) in [6, 6.07) is 4.06. The monoisotopic (exact) mass is 189 g/mol. The molecule has 2 saturated carbocycles. The number of carbonyl (C=O) groups excluding carboxylic acids is 1. The average Bonchev–Trinajstić information content (AvgIpc) is 2.46. The Morgan fingerprint density at radius 3 is 2.21 bits per heavy atom. The first kappa shape index (κ1) is 9.02. The lowest BCUT2D eigenvalue weighted by atomic mass is 9.92. The third-order valence-corrected chi connectivity index (χ3v) is 3.88. The van der Waals surface area contributed by atoms with Crippen LogP contribution in [0.3, 0.4) is 0 Å². The number of hydrogen-bond donors (Lipinski definition) is 1. The summed E-state index contributed by atoms with van der Waals surface area (Å²) >= 11 is 0. The molecule has 2 aliphatic rings. The maximum atomic E-state index is 11.3. The molecule has 72 valence electrons. The molecule has 1 spiro atoms. The molecule has 2 atom stereocenters. The number of nitrogens with two attached hydrogens (primary N) is 1. The first-order valence-electron chi connectivity index (χ1n) is 4.76. The van der Waals surface area contributed by atoms with Crippen LogP contribution in [-0.2, 0) is 4.79 Å². The summed E-state index contributed by atoms with van der Waals surface area (Å²) < 4.78 is 0. The van der Waals surface area contributed by atoms with E-state index in [-0.39, 0.29) is 0 Å². The lowest BCUT2D eigenvalue weighted by Crippen LogP contribution is -2.28. The maximum absolute atomic E-state index is 11.3. The minimum Gasteiger partial charge on any atom is -0.368 e. The van der Waals surface area contributed by atoms with E-state index >= 15 is 0 Å². The smallest absolute Gasteiger partial charge is 0.239 e. The van der Waals surface area contributed by atoms with Gasteiger partial charge in [0.1, 0.15) is 0 Å². The van der Waals surface area contributed by atoms with Crippen LogP contribution in [0.2, 0.25) is 0 Å². The zero-order chi connectivity index (χ0) is 10.4. The number of primary amides is 1. The fraction of sp³-hybridized carbons (Fsp3) is 0.700. The van der Waals surface area contributed by atoms with Gasteiger partial charge in [0.25, 0.3) is 0 Å². The summed E-state index contributed by atoms with van der Waals surface area (Å²) in [4.78, 5) is 11.3. The second-order valence-corrected chi connectivity index (χ2v) is 4.21. The van der Waals surface area contributed by atoms with Crippen molar-refractivity contribution in [3.05, 3.63) is 0 Å². The molecule has 0 radical (unpaired) electrons. The number of amides is 1. The lowest BCUT2D eigenvalue weighted by molar-refractivity contribution is -0.122. The second kappa shape index (κ2) is 2.48. The van der Waals surface area contributed by atoms with Gasteiger partial charge in [-0.3, -0.25) is 4.79 Å². The Kier molecular flexibility index (Phi) is 1.60. The molecule has 0 heterocycles. The van der Waals surface area contributed by atoms with Crippen LogP contribution in [0.1, 0.15) is 25.7 Å². The fourth-order valence-electron chi connectivity index (χ4n) is 3.12. The quantitative estimate of drug-likeness (QED) is 0.658. The van der Waals surface area contributed by atoms with Crippen molar-refractivity contribution in [1.82, 2.24) is 0 Å². The summed E-state index contributed by atoms with van der Waals surface area (Å²) in [6.07, 6.45) is 3.58. The van der Waals surface area contributed by atoms with Crippen molar-refractivity contribution in [2.45, 2.75) is 25.7 Å². The van der Waals surface area contributed by atoms with Gasteiger partial charge in [0.15, 0.2) is 5.41 Å². The van der Waals surface area contributed by atoms with Crippen LogP contribution in [0, 0.1) is 39.4 Å². The first-order chi connectivity index (χ1) is 6.65. The van der Waals surface area contributed by atoms with Crippen LogP contribution in [0.5, 0.6) is 0 Å². The van der Waals surface area contributed by atoms with Gasteiger partial charge in [0.2, 0.25) is 5.91 Å². The molecule has 0 bridgehead atoms. The molecule has 2 fully saturated rings. The van der Waals surface area contributed by atoms with Gasteiger partial charge in [-0.15, -0.1) is 0 Å². The van der Waals surface area contributed by atoms with Gasteiger partial charge in [-0.25, -0.2) is 0 Å². The molecule has 2 unspecified atom stereocenters. The van der Waals surface area contributed by atoms with Gasteiger partial charge in [0.05, 0.1) is 18.1 Å². The van der Waals surface area contributed by atoms with Crippen LogP contribution < -0.4 is 5.73 Å². The SMILES string of the molecule is N#CC1C2(CCCC2)C1(C#N)C(N)=O. The topological polar surface area (TPSA) is 90.7 Å². The Morgan fingerprint density at radius 1 is 1.36 bits per heavy atom. The van der Waals surface area contributed by atoms with E-state index in [1.807, 2.05) is 6.07 Å². The first-order valence-corrected chi connectivity index (χ1v) is 4.76. The standard InChI is InChI=1S/C10H11N3O/c11-5-7-9(3-1-2-4-9)10(7,6-12)8(13)14/h7H,1-4H2,(H2,13,14). The molecule has 0 aromatic carbocycles. The summed E-state index contributed by atoms with van der Waals surface area (Å²) in [5.74, 6) is -1.09. The van der Waals surface area contributed by atoms with Crippen molar-refractivity contribution in [2.24, 2.45) is 22.5 Å². The molecule has 0 aromatic rings. The molecule has 2 N–H and O–H groups in total. The largest absolute Gasteiger partial charge is 0.368 e. The van der Waals surface area contributed by atoms with Gasteiger partial charge in [-0.05, 0) is 12.8 Å². The van der Waals surface area contributed by atoms with Crippen LogP contribution in [0.4, 0.5) is 0 Å². The normalized spacial score (nSPS) is 37.4. The number of hydrogen-bond acceptors (Lipinski definition) is 3. The Hall–Kier alpha value is -1.55. The van der Waals surface area contributed by atoms with Gasteiger partial charge >= 0.3 is 0 Å². The van der Waals surface area contributed by atoms with Crippen molar-refractivity contribution in [3.8, 4) is 12.1 Å². The number of carbonyl (C=O) groups is 1. The Balaban J connectivity index is 2.44. The lowest BCUT2D eigenvalue weighted by Gasteiger charge is -2.09. The summed E-state index contributed by atoms with van der Waals surface area (Å²) in [5.41, 5.74) is 3.67. The zero-order valence-corrected chi connectivity index (χ0v) is 7.79. The molecule has 14 heavy (non-hydrogen) atoms. The summed E-state index contributed by atoms with van der Waals surface area (Å²) in [7, 11) is 0. The molecular formula is C10H11N3O. The van der Waals surface area contributed by atoms with E-state index in [2.05, 4.69) is 6.07 Å². The third-order valence-electron chi connectivity index (χ3n) is 3.88. The van der Waals surface area contributed by atoms with Gasteiger partial charge in [-0.2, -0.15) is 10.5 Å². The van der Waals surface area contributed by atoms with E-state index in [4.69, 9.17) is 16.3 Å². The molecule has 2 aliphatic carbocycles. The molecule has 0 aromatic heterocycles. The van der Waals surface area contributed by atoms with Crippen LogP contribution in [0.25, 0.3) is 0 Å². The fourth-order valence-corrected chi connectivity index (χ4v) is 3.12. The predicted octanol–water partition coefficient (Wildman–Crippen LogP) is 0.695. The Bertz CT molecular complexity index is 370. The highest BCUT2D eigenvalue weighted by Gasteiger charge is 2.81. The van der Waals surface area contributed by atoms with Crippen molar-refractivity contribution >= 4 is 5.91 Å². The highest BCUT2D eigenvalue weighted by molar-refractivity contribution is 5.90. The second-order valence-electron chi connectivity index (χ2n) is 4.21. The molecule has 0 saturated heterocycles. The zero-order valence-electron chi connectivity index (χ0n) is 7.79. The molecule has 0 aliphatic heterocycles. The number of nitriles is 2. The highest BCUT2D eigenvalue weighted by Crippen LogP contribution is 2.75. The van der Waals surface area contributed by atoms with Crippen molar-refractivity contribution < 1.29 is 4.79 Å². The summed E-state index contributed by atoms with van der Waals surface area (Å²) in [6.45, 7) is 0. The summed E-state index contributed by atoms with van der Waals surface area (Å²) in [5, 5.41) is 18.0. The van der Waals surface area contributed by atoms with Crippen molar-refractivity contribution in [1.29, 1.82) is 10.5 Å². The van der Waals surface area contributed by atoms with E-state index in [1.54, 1.807) is 0 Å². The minimum absolute atomic E-state index is 0.400. The molecule has 4 heteroatoms. The van der Waals surface area contributed by atoms with Gasteiger partial charge in [-0.1, -0.05) is 12.8 Å². The average molecular weight is 189 g/mol. The number of nitrogens with zero attached hydrogens (tertiary/aromatic N) is 2. The molecule has 4 nitrogen and oxygen atoms in total. The Morgan fingerprint density at radius 2 is 1.93 bits per heavy atom. The van der Waals surface area contributed by atoms with Gasteiger partial charge < -0.3 is 5.73 Å².